The summed E-state index contributed by atoms with van der Waals surface area (Å²) in [6.07, 6.45) is 7.57. The average molecular weight is 647 g/mol. The van der Waals surface area contributed by atoms with Crippen LogP contribution in [0.25, 0.3) is 39.6 Å². The number of nitrogens with zero attached hydrogens (tertiary/aromatic N) is 10. The topological polar surface area (TPSA) is 169 Å². The number of piperidine rings is 1. The molecule has 6 aromatic rings. The van der Waals surface area contributed by atoms with E-state index in [0.29, 0.717) is 45.6 Å². The van der Waals surface area contributed by atoms with Crippen LogP contribution in [0, 0.1) is 11.3 Å². The Morgan fingerprint density at radius 1 is 0.917 bits per heavy atom. The van der Waals surface area contributed by atoms with Gasteiger partial charge < -0.3 is 15.8 Å². The van der Waals surface area contributed by atoms with Gasteiger partial charge in [0.25, 0.3) is 0 Å². The molecule has 0 aliphatic carbocycles. The molecule has 0 spiro atoms. The molecule has 0 amide bonds. The van der Waals surface area contributed by atoms with Gasteiger partial charge in [0.15, 0.2) is 11.5 Å². The summed E-state index contributed by atoms with van der Waals surface area (Å²) in [6, 6.07) is 19.4. The van der Waals surface area contributed by atoms with Gasteiger partial charge in [0, 0.05) is 43.8 Å². The number of likely N-dealkylation sites (tertiary alicyclic amines) is 1. The number of nitriles is 1. The van der Waals surface area contributed by atoms with Crippen molar-refractivity contribution in [3.63, 3.8) is 0 Å². The number of halogens is 2. The number of ether oxygens (including phenoxy) is 1. The summed E-state index contributed by atoms with van der Waals surface area (Å²) in [5.74, 6) is 1.44. The molecule has 0 bridgehead atoms. The zero-order valence-electron chi connectivity index (χ0n) is 25.4. The number of benzene rings is 1. The molecule has 3 N–H and O–H groups in total. The summed E-state index contributed by atoms with van der Waals surface area (Å²) in [4.78, 5) is 32.7. The summed E-state index contributed by atoms with van der Waals surface area (Å²) in [6.45, 7) is -0.378. The van der Waals surface area contributed by atoms with Gasteiger partial charge >= 0.3 is 6.61 Å². The number of hydrogen-bond acceptors (Lipinski definition) is 12. The van der Waals surface area contributed by atoms with Crippen LogP contribution in [0.2, 0.25) is 0 Å². The van der Waals surface area contributed by atoms with E-state index in [4.69, 9.17) is 21.0 Å². The van der Waals surface area contributed by atoms with Crippen molar-refractivity contribution in [2.45, 2.75) is 32.0 Å². The van der Waals surface area contributed by atoms with Gasteiger partial charge in [-0.25, -0.2) is 34.9 Å². The van der Waals surface area contributed by atoms with Crippen molar-refractivity contribution in [3.05, 3.63) is 90.8 Å². The van der Waals surface area contributed by atoms with Gasteiger partial charge in [-0.05, 0) is 60.9 Å². The Kier molecular flexibility index (Phi) is 8.46. The Labute approximate surface area is 273 Å². The van der Waals surface area contributed by atoms with Crippen LogP contribution in [0.1, 0.15) is 24.2 Å². The summed E-state index contributed by atoms with van der Waals surface area (Å²) in [7, 11) is 0. The lowest BCUT2D eigenvalue weighted by Crippen LogP contribution is -2.38. The summed E-state index contributed by atoms with van der Waals surface area (Å²) < 4.78 is 31.4. The van der Waals surface area contributed by atoms with E-state index in [-0.39, 0.29) is 17.7 Å². The quantitative estimate of drug-likeness (QED) is 0.219. The molecule has 48 heavy (non-hydrogen) atoms. The number of pyridine rings is 2. The van der Waals surface area contributed by atoms with Crippen molar-refractivity contribution in [1.29, 1.82) is 5.26 Å². The number of aromatic nitrogens is 8. The van der Waals surface area contributed by atoms with E-state index in [1.54, 1.807) is 30.6 Å². The molecular formula is C33H28F2N12O. The summed E-state index contributed by atoms with van der Waals surface area (Å²) in [5, 5.41) is 12.5. The van der Waals surface area contributed by atoms with Crippen LogP contribution in [0.4, 0.5) is 20.4 Å². The minimum Gasteiger partial charge on any atom is -0.415 e. The van der Waals surface area contributed by atoms with Crippen LogP contribution in [0.5, 0.6) is 5.88 Å². The fourth-order valence-electron chi connectivity index (χ4n) is 5.68. The van der Waals surface area contributed by atoms with Crippen LogP contribution < -0.4 is 15.8 Å². The third-order valence-corrected chi connectivity index (χ3v) is 7.98. The van der Waals surface area contributed by atoms with Crippen LogP contribution >= 0.6 is 0 Å². The molecule has 1 aromatic carbocycles. The molecule has 1 fully saturated rings. The number of nitrogens with one attached hydrogen (secondary N) is 1. The zero-order chi connectivity index (χ0) is 33.0. The summed E-state index contributed by atoms with van der Waals surface area (Å²) in [5.41, 5.74) is 10.9. The minimum atomic E-state index is -3.00. The Hall–Kier alpha value is -6.14. The predicted octanol–water partition coefficient (Wildman–Crippen LogP) is 4.86. The first-order chi connectivity index (χ1) is 23.4. The number of nitrogen functional groups attached to an aromatic ring is 1. The minimum absolute atomic E-state index is 0.154. The van der Waals surface area contributed by atoms with Crippen molar-refractivity contribution >= 4 is 22.8 Å². The lowest BCUT2D eigenvalue weighted by atomic mass is 10.0. The van der Waals surface area contributed by atoms with Crippen molar-refractivity contribution in [1.82, 2.24) is 44.4 Å². The van der Waals surface area contributed by atoms with E-state index in [1.165, 1.54) is 6.20 Å². The zero-order valence-corrected chi connectivity index (χ0v) is 25.4. The summed E-state index contributed by atoms with van der Waals surface area (Å²) >= 11 is 0. The van der Waals surface area contributed by atoms with Gasteiger partial charge in [0.1, 0.15) is 28.9 Å². The maximum Gasteiger partial charge on any atom is 0.388 e. The van der Waals surface area contributed by atoms with Gasteiger partial charge in [0.05, 0.1) is 23.7 Å². The van der Waals surface area contributed by atoms with E-state index in [9.17, 15) is 8.78 Å². The van der Waals surface area contributed by atoms with Gasteiger partial charge in [-0.2, -0.15) is 14.0 Å². The normalized spacial score (nSPS) is 13.9. The molecular weight excluding hydrogens is 618 g/mol. The second-order valence-corrected chi connectivity index (χ2v) is 11.1. The first kappa shape index (κ1) is 30.5. The highest BCUT2D eigenvalue weighted by Crippen LogP contribution is 2.32. The Morgan fingerprint density at radius 3 is 2.48 bits per heavy atom. The smallest absolute Gasteiger partial charge is 0.388 e. The number of hydrogen-bond donors (Lipinski definition) is 2. The largest absolute Gasteiger partial charge is 0.415 e. The molecule has 6 heterocycles. The number of alkyl halides is 2. The molecule has 240 valence electrons. The Bertz CT molecular complexity index is 2090. The van der Waals surface area contributed by atoms with E-state index in [1.807, 2.05) is 34.9 Å². The molecule has 15 heteroatoms. The van der Waals surface area contributed by atoms with Crippen molar-refractivity contribution < 1.29 is 13.5 Å². The maximum atomic E-state index is 12.6. The monoisotopic (exact) mass is 646 g/mol. The molecule has 0 saturated carbocycles. The number of fused-ring (bicyclic) bond motifs is 1. The number of rotatable bonds is 9. The molecule has 1 aliphatic heterocycles. The van der Waals surface area contributed by atoms with E-state index in [2.05, 4.69) is 52.0 Å². The van der Waals surface area contributed by atoms with Crippen molar-refractivity contribution in [2.24, 2.45) is 0 Å². The molecule has 7 rings (SSSR count). The van der Waals surface area contributed by atoms with Gasteiger partial charge in [-0.15, -0.1) is 0 Å². The van der Waals surface area contributed by atoms with Gasteiger partial charge in [0.2, 0.25) is 11.7 Å². The molecule has 13 nitrogen and oxygen atoms in total. The van der Waals surface area contributed by atoms with E-state index < -0.39 is 6.61 Å². The second-order valence-electron chi connectivity index (χ2n) is 11.1. The molecule has 0 radical (unpaired) electrons. The van der Waals surface area contributed by atoms with Crippen molar-refractivity contribution in [3.8, 4) is 40.4 Å². The molecule has 5 aromatic heterocycles. The number of anilines is 2. The highest BCUT2D eigenvalue weighted by atomic mass is 19.3. The van der Waals surface area contributed by atoms with Crippen LogP contribution in [0.3, 0.4) is 0 Å². The number of nitrogens with two attached hydrogens (primary N) is 1. The Balaban J connectivity index is 1.13. The first-order valence-electron chi connectivity index (χ1n) is 15.1. The van der Waals surface area contributed by atoms with E-state index in [0.717, 1.165) is 49.9 Å². The molecule has 1 aliphatic rings. The van der Waals surface area contributed by atoms with Crippen LogP contribution in [-0.2, 0) is 6.54 Å². The molecule has 1 saturated heterocycles. The Morgan fingerprint density at radius 2 is 1.75 bits per heavy atom. The average Bonchev–Trinajstić information content (AvgIpc) is 3.48. The highest BCUT2D eigenvalue weighted by molar-refractivity contribution is 5.84. The lowest BCUT2D eigenvalue weighted by molar-refractivity contribution is -0.0530. The second kappa shape index (κ2) is 13.3. The fourth-order valence-corrected chi connectivity index (χ4v) is 5.68. The lowest BCUT2D eigenvalue weighted by Gasteiger charge is -2.32. The SMILES string of the molecule is N#Cc1nccc(NC2CCN(Cc3ccc(-n4c(-c5cccnc5N)nc5ccc(-c6cnc(OC(F)F)cn6)nc54)cc3)CC2)n1. The van der Waals surface area contributed by atoms with Gasteiger partial charge in [-0.3, -0.25) is 9.47 Å². The van der Waals surface area contributed by atoms with Crippen LogP contribution in [-0.4, -0.2) is 70.1 Å². The fraction of sp³-hybridized carbons (Fsp3) is 0.212. The standard InChI is InChI=1S/C33H28F2N12O/c34-33(35)48-29-18-40-26(17-41-29)24-7-8-25-32(43-24)47(31(44-25)23-2-1-12-39-30(23)37)22-5-3-20(4-6-22)19-46-14-10-21(11-15-46)42-27-9-13-38-28(16-36)45-27/h1-9,12-13,17-18,21,33H,10-11,14-15,19H2,(H2,37,39)(H,38,42,45). The predicted molar refractivity (Wildman–Crippen MR) is 173 cm³/mol. The highest BCUT2D eigenvalue weighted by Gasteiger charge is 2.21. The first-order valence-corrected chi connectivity index (χ1v) is 15.1. The third-order valence-electron chi connectivity index (χ3n) is 7.98. The molecule has 0 unspecified atom stereocenters. The van der Waals surface area contributed by atoms with Crippen molar-refractivity contribution in [2.75, 3.05) is 24.1 Å². The van der Waals surface area contributed by atoms with E-state index >= 15 is 0 Å². The van der Waals surface area contributed by atoms with Gasteiger partial charge in [-0.1, -0.05) is 12.1 Å². The van der Waals surface area contributed by atoms with Crippen LogP contribution in [0.15, 0.2) is 79.4 Å². The third kappa shape index (κ3) is 6.55. The molecule has 0 atom stereocenters. The maximum absolute atomic E-state index is 12.6. The number of imidazole rings is 1.